The SMILES string of the molecule is CC(C)Oc1ccc(F)cc1N1CCN(CCC[N+]2(N)C(=O)C(C)C(C)C2=O)CC1.Cl. The molecule has 0 aromatic heterocycles. The summed E-state index contributed by atoms with van der Waals surface area (Å²) in [6.07, 6.45) is 0.693. The lowest BCUT2D eigenvalue weighted by atomic mass is 10.00. The van der Waals surface area contributed by atoms with Gasteiger partial charge in [-0.15, -0.1) is 17.0 Å². The lowest BCUT2D eigenvalue weighted by molar-refractivity contribution is -0.787. The van der Waals surface area contributed by atoms with Gasteiger partial charge in [0.25, 0.3) is 0 Å². The van der Waals surface area contributed by atoms with E-state index in [4.69, 9.17) is 10.6 Å². The van der Waals surface area contributed by atoms with Gasteiger partial charge >= 0.3 is 11.8 Å². The molecule has 7 nitrogen and oxygen atoms in total. The maximum Gasteiger partial charge on any atom is 0.343 e. The summed E-state index contributed by atoms with van der Waals surface area (Å²) < 4.78 is 19.1. The smallest absolute Gasteiger partial charge is 0.343 e. The Morgan fingerprint density at radius 1 is 1.13 bits per heavy atom. The Bertz CT molecular complexity index is 779. The molecule has 0 radical (unpaired) electrons. The van der Waals surface area contributed by atoms with Gasteiger partial charge in [-0.05, 0) is 39.8 Å². The topological polar surface area (TPSA) is 75.9 Å². The average Bonchev–Trinajstić information content (AvgIpc) is 2.85. The third-order valence-electron chi connectivity index (χ3n) is 6.30. The summed E-state index contributed by atoms with van der Waals surface area (Å²) in [5.74, 6) is 5.60. The van der Waals surface area contributed by atoms with Crippen LogP contribution >= 0.6 is 12.4 Å². The molecule has 31 heavy (non-hydrogen) atoms. The number of rotatable bonds is 7. The second-order valence-corrected chi connectivity index (χ2v) is 8.81. The first-order valence-electron chi connectivity index (χ1n) is 10.8. The average molecular weight is 458 g/mol. The molecule has 2 aliphatic heterocycles. The Kier molecular flexibility index (Phi) is 8.44. The molecule has 0 spiro atoms. The number of amides is 2. The molecule has 2 atom stereocenters. The molecule has 174 valence electrons. The van der Waals surface area contributed by atoms with E-state index >= 15 is 0 Å². The van der Waals surface area contributed by atoms with E-state index in [1.807, 2.05) is 13.8 Å². The van der Waals surface area contributed by atoms with Crippen molar-refractivity contribution in [2.24, 2.45) is 17.7 Å². The van der Waals surface area contributed by atoms with Gasteiger partial charge < -0.3 is 9.64 Å². The van der Waals surface area contributed by atoms with Crippen molar-refractivity contribution < 1.29 is 23.3 Å². The highest BCUT2D eigenvalue weighted by Gasteiger charge is 2.56. The summed E-state index contributed by atoms with van der Waals surface area (Å²) in [6.45, 7) is 11.7. The van der Waals surface area contributed by atoms with Crippen LogP contribution in [0.15, 0.2) is 18.2 Å². The number of nitrogens with two attached hydrogens (primary N) is 1. The van der Waals surface area contributed by atoms with Crippen molar-refractivity contribution in [3.63, 3.8) is 0 Å². The Morgan fingerprint density at radius 2 is 1.71 bits per heavy atom. The van der Waals surface area contributed by atoms with Crippen LogP contribution in [0.25, 0.3) is 0 Å². The summed E-state index contributed by atoms with van der Waals surface area (Å²) in [5.41, 5.74) is 0.783. The van der Waals surface area contributed by atoms with Gasteiger partial charge in [0.1, 0.15) is 18.1 Å². The van der Waals surface area contributed by atoms with Crippen LogP contribution in [0, 0.1) is 17.7 Å². The molecule has 1 aromatic carbocycles. The monoisotopic (exact) mass is 457 g/mol. The van der Waals surface area contributed by atoms with E-state index in [0.29, 0.717) is 18.7 Å². The van der Waals surface area contributed by atoms with Crippen LogP contribution in [-0.2, 0) is 9.59 Å². The number of piperazine rings is 1. The Morgan fingerprint density at radius 3 is 2.26 bits per heavy atom. The first-order chi connectivity index (χ1) is 14.1. The zero-order chi connectivity index (χ0) is 22.1. The number of ether oxygens (including phenoxy) is 1. The maximum absolute atomic E-state index is 13.8. The van der Waals surface area contributed by atoms with E-state index in [0.717, 1.165) is 38.4 Å². The van der Waals surface area contributed by atoms with Crippen LogP contribution < -0.4 is 15.5 Å². The number of imide groups is 1. The van der Waals surface area contributed by atoms with Gasteiger partial charge in [0.05, 0.1) is 23.6 Å². The normalized spacial score (nSPS) is 27.0. The molecule has 2 aliphatic rings. The van der Waals surface area contributed by atoms with Gasteiger partial charge in [-0.1, -0.05) is 0 Å². The molecule has 9 heteroatoms. The fourth-order valence-corrected chi connectivity index (χ4v) is 4.33. The van der Waals surface area contributed by atoms with Gasteiger partial charge in [-0.25, -0.2) is 14.0 Å². The second kappa shape index (κ2) is 10.3. The number of hydrogen-bond donors (Lipinski definition) is 1. The predicted octanol–water partition coefficient (Wildman–Crippen LogP) is 2.58. The minimum atomic E-state index is -0.568. The van der Waals surface area contributed by atoms with E-state index in [2.05, 4.69) is 9.80 Å². The molecule has 2 heterocycles. The lowest BCUT2D eigenvalue weighted by Crippen LogP contribution is -2.60. The molecule has 0 aliphatic carbocycles. The third kappa shape index (κ3) is 5.37. The fourth-order valence-electron chi connectivity index (χ4n) is 4.33. The number of carbonyl (C=O) groups excluding carboxylic acids is 2. The van der Waals surface area contributed by atoms with Crippen LogP contribution in [0.1, 0.15) is 34.1 Å². The number of benzene rings is 1. The van der Waals surface area contributed by atoms with Crippen molar-refractivity contribution in [1.29, 1.82) is 0 Å². The van der Waals surface area contributed by atoms with Crippen LogP contribution in [0.4, 0.5) is 10.1 Å². The van der Waals surface area contributed by atoms with Gasteiger partial charge in [-0.3, -0.25) is 4.90 Å². The number of halogens is 2. The van der Waals surface area contributed by atoms with Gasteiger partial charge in [0, 0.05) is 45.2 Å². The van der Waals surface area contributed by atoms with E-state index in [-0.39, 0.29) is 48.0 Å². The summed E-state index contributed by atoms with van der Waals surface area (Å²) >= 11 is 0. The highest BCUT2D eigenvalue weighted by molar-refractivity contribution is 5.94. The first-order valence-corrected chi connectivity index (χ1v) is 10.8. The summed E-state index contributed by atoms with van der Waals surface area (Å²) in [5, 5.41) is 0. The number of hydrogen-bond acceptors (Lipinski definition) is 6. The number of nitrogens with zero attached hydrogens (tertiary/aromatic N) is 3. The molecule has 0 bridgehead atoms. The van der Waals surface area contributed by atoms with E-state index in [1.54, 1.807) is 19.9 Å². The van der Waals surface area contributed by atoms with Crippen LogP contribution in [0.3, 0.4) is 0 Å². The van der Waals surface area contributed by atoms with Gasteiger partial charge in [0.2, 0.25) is 0 Å². The van der Waals surface area contributed by atoms with Crippen molar-refractivity contribution in [1.82, 2.24) is 4.90 Å². The molecular formula is C22H35ClFN4O3+. The zero-order valence-electron chi connectivity index (χ0n) is 18.8. The van der Waals surface area contributed by atoms with E-state index in [9.17, 15) is 14.0 Å². The minimum absolute atomic E-state index is 0. The molecule has 2 saturated heterocycles. The molecule has 0 saturated carbocycles. The van der Waals surface area contributed by atoms with Crippen LogP contribution in [0.5, 0.6) is 5.75 Å². The molecule has 2 amide bonds. The largest absolute Gasteiger partial charge is 0.489 e. The van der Waals surface area contributed by atoms with Crippen molar-refractivity contribution in [2.75, 3.05) is 44.2 Å². The number of carbonyl (C=O) groups is 2. The van der Waals surface area contributed by atoms with Crippen molar-refractivity contribution in [3.8, 4) is 5.75 Å². The number of likely N-dealkylation sites (tertiary alicyclic amines) is 1. The molecule has 1 aromatic rings. The highest BCUT2D eigenvalue weighted by Crippen LogP contribution is 2.31. The zero-order valence-corrected chi connectivity index (χ0v) is 19.7. The lowest BCUT2D eigenvalue weighted by Gasteiger charge is -2.37. The van der Waals surface area contributed by atoms with E-state index < -0.39 is 4.59 Å². The number of quaternary nitrogens is 1. The molecule has 3 rings (SSSR count). The first kappa shape index (κ1) is 25.5. The predicted molar refractivity (Wildman–Crippen MR) is 120 cm³/mol. The molecule has 2 fully saturated rings. The van der Waals surface area contributed by atoms with Crippen molar-refractivity contribution in [3.05, 3.63) is 24.0 Å². The third-order valence-corrected chi connectivity index (χ3v) is 6.30. The maximum atomic E-state index is 13.8. The van der Waals surface area contributed by atoms with Gasteiger partial charge in [0.15, 0.2) is 0 Å². The fraction of sp³-hybridized carbons (Fsp3) is 0.636. The molecular weight excluding hydrogens is 423 g/mol. The molecule has 2 N–H and O–H groups in total. The van der Waals surface area contributed by atoms with Crippen LogP contribution in [0.2, 0.25) is 0 Å². The second-order valence-electron chi connectivity index (χ2n) is 8.81. The Labute approximate surface area is 190 Å². The Hall–Kier alpha value is -1.74. The summed E-state index contributed by atoms with van der Waals surface area (Å²) in [4.78, 5) is 29.3. The minimum Gasteiger partial charge on any atom is -0.489 e. The summed E-state index contributed by atoms with van der Waals surface area (Å²) in [7, 11) is 0. The van der Waals surface area contributed by atoms with Crippen molar-refractivity contribution in [2.45, 2.75) is 40.2 Å². The van der Waals surface area contributed by atoms with Crippen LogP contribution in [-0.4, -0.2) is 66.7 Å². The number of anilines is 1. The van der Waals surface area contributed by atoms with E-state index in [1.165, 1.54) is 12.1 Å². The molecule has 2 unspecified atom stereocenters. The Balaban J connectivity index is 0.00000341. The standard InChI is InChI=1S/C22H34FN4O3.ClH/c1-15(2)30-20-7-6-18(23)14-19(20)26-11-9-25(10-12-26)8-5-13-27(24)21(28)16(3)17(4)22(27)29;/h6-7,14-17H,5,8-13,24H2,1-4H3;1H/q+1;. The quantitative estimate of drug-likeness (QED) is 0.293. The van der Waals surface area contributed by atoms with Crippen molar-refractivity contribution >= 4 is 29.9 Å². The van der Waals surface area contributed by atoms with Gasteiger partial charge in [-0.2, -0.15) is 5.84 Å². The highest BCUT2D eigenvalue weighted by atomic mass is 35.5. The summed E-state index contributed by atoms with van der Waals surface area (Å²) in [6, 6.07) is 4.64.